The van der Waals surface area contributed by atoms with Crippen LogP contribution in [0.5, 0.6) is 0 Å². The summed E-state index contributed by atoms with van der Waals surface area (Å²) >= 11 is 0. The lowest BCUT2D eigenvalue weighted by Gasteiger charge is -2.13. The van der Waals surface area contributed by atoms with Gasteiger partial charge in [0, 0.05) is 11.9 Å². The van der Waals surface area contributed by atoms with Gasteiger partial charge < -0.3 is 5.73 Å². The number of imidazole rings is 1. The van der Waals surface area contributed by atoms with Crippen LogP contribution < -0.4 is 16.6 Å². The maximum absolute atomic E-state index is 6.16. The molecule has 5 heteroatoms. The lowest BCUT2D eigenvalue weighted by atomic mass is 10.1. The van der Waals surface area contributed by atoms with Crippen molar-refractivity contribution in [2.24, 2.45) is 10.9 Å². The van der Waals surface area contributed by atoms with Gasteiger partial charge in [-0.25, -0.2) is 9.97 Å². The second kappa shape index (κ2) is 7.58. The standard InChI is InChI=1S/C21H21N5.C2H6/c1-13-4-8-15(9-5-13)26-20(16-3-2-12-23-19(16)22)25-18-11-10-17(14-6-7-14)24-21(18)26;1-2/h2-5,8-9,11-12,14,17H,6-7,10H2,1H3,(H2,22,23);1-2H3. The fraction of sp³-hybridized carbons (Fsp3) is 0.348. The molecule has 1 aliphatic heterocycles. The number of nitrogen functional groups attached to an aromatic ring is 1. The SMILES string of the molecule is CC.Cc1ccc(-n2c(-c3cccnc3N)nc3c2=NC(C2CC2)CC=3)cc1. The molecule has 1 aliphatic carbocycles. The van der Waals surface area contributed by atoms with Crippen LogP contribution in [-0.4, -0.2) is 20.6 Å². The maximum atomic E-state index is 6.16. The average Bonchev–Trinajstić information content (AvgIpc) is 3.51. The van der Waals surface area contributed by atoms with Gasteiger partial charge in [0.2, 0.25) is 0 Å². The van der Waals surface area contributed by atoms with Gasteiger partial charge >= 0.3 is 0 Å². The Kier molecular flexibility index (Phi) is 4.99. The number of benzene rings is 1. The number of anilines is 1. The van der Waals surface area contributed by atoms with Crippen LogP contribution >= 0.6 is 0 Å². The van der Waals surface area contributed by atoms with Gasteiger partial charge in [-0.15, -0.1) is 0 Å². The number of fused-ring (bicyclic) bond motifs is 1. The Morgan fingerprint density at radius 2 is 1.82 bits per heavy atom. The van der Waals surface area contributed by atoms with E-state index in [4.69, 9.17) is 15.7 Å². The number of nitrogens with two attached hydrogens (primary N) is 1. The van der Waals surface area contributed by atoms with Crippen molar-refractivity contribution >= 4 is 11.9 Å². The second-order valence-corrected chi connectivity index (χ2v) is 7.23. The fourth-order valence-corrected chi connectivity index (χ4v) is 3.64. The van der Waals surface area contributed by atoms with Crippen molar-refractivity contribution in [2.45, 2.75) is 46.1 Å². The molecule has 0 saturated heterocycles. The van der Waals surface area contributed by atoms with E-state index in [1.54, 1.807) is 6.20 Å². The molecule has 5 rings (SSSR count). The molecule has 1 saturated carbocycles. The molecule has 1 atom stereocenters. The molecule has 28 heavy (non-hydrogen) atoms. The Morgan fingerprint density at radius 1 is 1.07 bits per heavy atom. The average molecular weight is 374 g/mol. The third-order valence-corrected chi connectivity index (χ3v) is 5.26. The van der Waals surface area contributed by atoms with E-state index in [9.17, 15) is 0 Å². The van der Waals surface area contributed by atoms with Crippen molar-refractivity contribution in [1.29, 1.82) is 0 Å². The smallest absolute Gasteiger partial charge is 0.160 e. The van der Waals surface area contributed by atoms with Crippen molar-refractivity contribution in [1.82, 2.24) is 14.5 Å². The van der Waals surface area contributed by atoms with Gasteiger partial charge in [0.05, 0.1) is 11.6 Å². The first-order valence-electron chi connectivity index (χ1n) is 10.2. The summed E-state index contributed by atoms with van der Waals surface area (Å²) in [7, 11) is 0. The van der Waals surface area contributed by atoms with Crippen LogP contribution in [0.25, 0.3) is 23.2 Å². The van der Waals surface area contributed by atoms with Crippen molar-refractivity contribution < 1.29 is 0 Å². The Bertz CT molecular complexity index is 1090. The summed E-state index contributed by atoms with van der Waals surface area (Å²) in [6.07, 6.45) is 7.49. The summed E-state index contributed by atoms with van der Waals surface area (Å²) in [5.74, 6) is 2.02. The normalized spacial score (nSPS) is 17.6. The quantitative estimate of drug-likeness (QED) is 0.765. The molecule has 3 aromatic rings. The van der Waals surface area contributed by atoms with Crippen LogP contribution in [0.1, 0.15) is 38.7 Å². The van der Waals surface area contributed by atoms with E-state index >= 15 is 0 Å². The number of rotatable bonds is 3. The summed E-state index contributed by atoms with van der Waals surface area (Å²) < 4.78 is 2.13. The molecule has 0 radical (unpaired) electrons. The first kappa shape index (κ1) is 18.4. The molecule has 2 aliphatic rings. The molecule has 2 aromatic heterocycles. The molecular formula is C23H27N5. The van der Waals surface area contributed by atoms with E-state index in [0.717, 1.165) is 40.3 Å². The zero-order valence-corrected chi connectivity index (χ0v) is 16.8. The highest BCUT2D eigenvalue weighted by atomic mass is 15.1. The van der Waals surface area contributed by atoms with Gasteiger partial charge in [-0.05, 0) is 56.4 Å². The molecule has 5 nitrogen and oxygen atoms in total. The Balaban J connectivity index is 0.000000932. The molecule has 0 amide bonds. The largest absolute Gasteiger partial charge is 0.383 e. The highest BCUT2D eigenvalue weighted by Crippen LogP contribution is 2.36. The van der Waals surface area contributed by atoms with E-state index in [1.807, 2.05) is 26.0 Å². The molecule has 3 heterocycles. The Hall–Kier alpha value is -2.95. The van der Waals surface area contributed by atoms with E-state index in [2.05, 4.69) is 46.8 Å². The third kappa shape index (κ3) is 3.33. The summed E-state index contributed by atoms with van der Waals surface area (Å²) in [6.45, 7) is 6.09. The first-order chi connectivity index (χ1) is 13.7. The van der Waals surface area contributed by atoms with Crippen molar-refractivity contribution in [2.75, 3.05) is 5.73 Å². The molecule has 144 valence electrons. The minimum absolute atomic E-state index is 0.377. The number of hydrogen-bond donors (Lipinski definition) is 1. The topological polar surface area (TPSA) is 69.1 Å². The van der Waals surface area contributed by atoms with Crippen LogP contribution in [0.2, 0.25) is 0 Å². The summed E-state index contributed by atoms with van der Waals surface area (Å²) in [5.41, 5.74) is 10.2. The van der Waals surface area contributed by atoms with Gasteiger partial charge in [-0.2, -0.15) is 0 Å². The summed E-state index contributed by atoms with van der Waals surface area (Å²) in [5, 5.41) is 0.945. The minimum Gasteiger partial charge on any atom is -0.383 e. The molecule has 1 fully saturated rings. The second-order valence-electron chi connectivity index (χ2n) is 7.23. The van der Waals surface area contributed by atoms with Crippen LogP contribution in [0, 0.1) is 12.8 Å². The van der Waals surface area contributed by atoms with Crippen LogP contribution in [-0.2, 0) is 0 Å². The zero-order chi connectivity index (χ0) is 19.7. The number of aromatic nitrogens is 3. The summed E-state index contributed by atoms with van der Waals surface area (Å²) in [6, 6.07) is 12.7. The number of nitrogens with zero attached hydrogens (tertiary/aromatic N) is 4. The number of aryl methyl sites for hydroxylation is 1. The number of hydrogen-bond acceptors (Lipinski definition) is 4. The zero-order valence-electron chi connectivity index (χ0n) is 16.8. The third-order valence-electron chi connectivity index (χ3n) is 5.26. The van der Waals surface area contributed by atoms with Gasteiger partial charge in [-0.3, -0.25) is 9.56 Å². The lowest BCUT2D eigenvalue weighted by Crippen LogP contribution is -2.35. The maximum Gasteiger partial charge on any atom is 0.160 e. The van der Waals surface area contributed by atoms with Crippen LogP contribution in [0.15, 0.2) is 47.6 Å². The molecule has 1 unspecified atom stereocenters. The predicted molar refractivity (Wildman–Crippen MR) is 114 cm³/mol. The first-order valence-corrected chi connectivity index (χ1v) is 10.2. The highest BCUT2D eigenvalue weighted by molar-refractivity contribution is 5.70. The van der Waals surface area contributed by atoms with Crippen molar-refractivity contribution in [3.63, 3.8) is 0 Å². The van der Waals surface area contributed by atoms with Gasteiger partial charge in [0.25, 0.3) is 0 Å². The van der Waals surface area contributed by atoms with Gasteiger partial charge in [-0.1, -0.05) is 37.6 Å². The van der Waals surface area contributed by atoms with E-state index in [-0.39, 0.29) is 0 Å². The summed E-state index contributed by atoms with van der Waals surface area (Å²) in [4.78, 5) is 14.2. The molecule has 2 N–H and O–H groups in total. The Labute approximate surface area is 165 Å². The lowest BCUT2D eigenvalue weighted by molar-refractivity contribution is 0.584. The van der Waals surface area contributed by atoms with Crippen LogP contribution in [0.3, 0.4) is 0 Å². The predicted octanol–water partition coefficient (Wildman–Crippen LogP) is 3.43. The number of pyridine rings is 1. The van der Waals surface area contributed by atoms with E-state index in [0.29, 0.717) is 11.9 Å². The molecular weight excluding hydrogens is 346 g/mol. The van der Waals surface area contributed by atoms with E-state index < -0.39 is 0 Å². The molecule has 0 bridgehead atoms. The highest BCUT2D eigenvalue weighted by Gasteiger charge is 2.32. The minimum atomic E-state index is 0.377. The van der Waals surface area contributed by atoms with Gasteiger partial charge in [0.15, 0.2) is 11.3 Å². The monoisotopic (exact) mass is 373 g/mol. The van der Waals surface area contributed by atoms with E-state index in [1.165, 1.54) is 18.4 Å². The van der Waals surface area contributed by atoms with Crippen molar-refractivity contribution in [3.8, 4) is 17.1 Å². The fourth-order valence-electron chi connectivity index (χ4n) is 3.64. The molecule has 0 spiro atoms. The molecule has 1 aromatic carbocycles. The Morgan fingerprint density at radius 3 is 2.50 bits per heavy atom. The van der Waals surface area contributed by atoms with Crippen LogP contribution in [0.4, 0.5) is 5.82 Å². The van der Waals surface area contributed by atoms with Gasteiger partial charge in [0.1, 0.15) is 11.2 Å². The van der Waals surface area contributed by atoms with Crippen molar-refractivity contribution in [3.05, 3.63) is 59.0 Å².